The van der Waals surface area contributed by atoms with Crippen LogP contribution in [0.25, 0.3) is 0 Å². The quantitative estimate of drug-likeness (QED) is 0.568. The van der Waals surface area contributed by atoms with E-state index in [0.717, 1.165) is 23.4 Å². The summed E-state index contributed by atoms with van der Waals surface area (Å²) in [6, 6.07) is 15.5. The molecule has 1 heterocycles. The van der Waals surface area contributed by atoms with Crippen molar-refractivity contribution in [2.24, 2.45) is 5.92 Å². The predicted molar refractivity (Wildman–Crippen MR) is 127 cm³/mol. The van der Waals surface area contributed by atoms with Crippen LogP contribution in [0.4, 0.5) is 11.4 Å². The maximum absolute atomic E-state index is 12.8. The zero-order valence-electron chi connectivity index (χ0n) is 18.0. The second kappa shape index (κ2) is 10.2. The number of amides is 2. The van der Waals surface area contributed by atoms with Gasteiger partial charge in [-0.05, 0) is 49.1 Å². The molecule has 6 heteroatoms. The monoisotopic (exact) mass is 438 g/mol. The number of ether oxygens (including phenoxy) is 1. The second-order valence-corrected chi connectivity index (χ2v) is 9.26. The van der Waals surface area contributed by atoms with Gasteiger partial charge in [0.15, 0.2) is 0 Å². The molecule has 2 aliphatic rings. The van der Waals surface area contributed by atoms with Gasteiger partial charge in [0.05, 0.1) is 18.0 Å². The average molecular weight is 439 g/mol. The molecule has 2 amide bonds. The Labute approximate surface area is 188 Å². The van der Waals surface area contributed by atoms with Gasteiger partial charge in [-0.1, -0.05) is 49.9 Å². The van der Waals surface area contributed by atoms with Crippen LogP contribution in [0.1, 0.15) is 56.4 Å². The van der Waals surface area contributed by atoms with Gasteiger partial charge >= 0.3 is 0 Å². The van der Waals surface area contributed by atoms with Crippen LogP contribution in [-0.2, 0) is 9.59 Å². The first-order valence-electron chi connectivity index (χ1n) is 11.2. The molecule has 2 aromatic rings. The zero-order valence-corrected chi connectivity index (χ0v) is 18.8. The van der Waals surface area contributed by atoms with Gasteiger partial charge in [-0.15, -0.1) is 11.8 Å². The minimum Gasteiger partial charge on any atom is -0.492 e. The Kier molecular flexibility index (Phi) is 7.17. The number of benzene rings is 2. The first-order chi connectivity index (χ1) is 15.2. The third-order valence-corrected chi connectivity index (χ3v) is 7.21. The molecule has 164 valence electrons. The van der Waals surface area contributed by atoms with Crippen LogP contribution in [0, 0.1) is 5.92 Å². The van der Waals surface area contributed by atoms with E-state index in [1.54, 1.807) is 11.8 Å². The number of nitrogens with zero attached hydrogens (tertiary/aromatic N) is 1. The minimum absolute atomic E-state index is 0.0631. The molecule has 1 saturated carbocycles. The molecule has 0 aromatic heterocycles. The summed E-state index contributed by atoms with van der Waals surface area (Å²) in [6.07, 6.45) is 6.66. The lowest BCUT2D eigenvalue weighted by molar-refractivity contribution is -0.117. The lowest BCUT2D eigenvalue weighted by Crippen LogP contribution is -2.28. The third-order valence-electron chi connectivity index (χ3n) is 6.00. The molecule has 2 fully saturated rings. The molecule has 1 N–H and O–H groups in total. The number of carbonyl (C=O) groups excluding carboxylic acids is 2. The molecule has 0 spiro atoms. The van der Waals surface area contributed by atoms with Crippen LogP contribution in [0.3, 0.4) is 0 Å². The highest BCUT2D eigenvalue weighted by Crippen LogP contribution is 2.45. The number of rotatable bonds is 8. The zero-order chi connectivity index (χ0) is 21.6. The van der Waals surface area contributed by atoms with E-state index in [4.69, 9.17) is 4.74 Å². The van der Waals surface area contributed by atoms with Crippen molar-refractivity contribution in [3.05, 3.63) is 54.1 Å². The van der Waals surface area contributed by atoms with Crippen molar-refractivity contribution in [3.63, 3.8) is 0 Å². The average Bonchev–Trinajstić information content (AvgIpc) is 3.43. The van der Waals surface area contributed by atoms with Crippen LogP contribution in [0.2, 0.25) is 0 Å². The molecule has 2 aromatic carbocycles. The van der Waals surface area contributed by atoms with Gasteiger partial charge in [-0.3, -0.25) is 14.5 Å². The first-order valence-corrected chi connectivity index (χ1v) is 12.3. The van der Waals surface area contributed by atoms with Crippen LogP contribution in [0.5, 0.6) is 5.75 Å². The molecule has 1 aliphatic carbocycles. The first kappa shape index (κ1) is 21.8. The molecule has 4 rings (SSSR count). The topological polar surface area (TPSA) is 58.6 Å². The van der Waals surface area contributed by atoms with Gasteiger partial charge in [0.1, 0.15) is 11.1 Å². The molecule has 1 atom stereocenters. The number of hydrogen-bond acceptors (Lipinski definition) is 4. The van der Waals surface area contributed by atoms with Crippen molar-refractivity contribution >= 4 is 35.0 Å². The maximum Gasteiger partial charge on any atom is 0.238 e. The van der Waals surface area contributed by atoms with Gasteiger partial charge in [0.25, 0.3) is 0 Å². The van der Waals surface area contributed by atoms with Crippen molar-refractivity contribution < 1.29 is 14.3 Å². The molecule has 0 bridgehead atoms. The van der Waals surface area contributed by atoms with Crippen LogP contribution in [-0.4, -0.2) is 24.2 Å². The van der Waals surface area contributed by atoms with Gasteiger partial charge in [0, 0.05) is 12.1 Å². The van der Waals surface area contributed by atoms with E-state index in [0.29, 0.717) is 30.4 Å². The molecule has 0 radical (unpaired) electrons. The standard InChI is InChI=1S/C25H30N2O3S/c1-2-30-22-13-6-5-12-21(22)27-24(29)17-31-25(27)19-10-7-11-20(16-19)26-23(28)15-14-18-8-3-4-9-18/h5-7,10-13,16,18,25H,2-4,8-9,14-15,17H2,1H3,(H,26,28)/t25-/m0/s1. The van der Waals surface area contributed by atoms with Crippen molar-refractivity contribution in [1.29, 1.82) is 0 Å². The van der Waals surface area contributed by atoms with Gasteiger partial charge < -0.3 is 10.1 Å². The number of nitrogens with one attached hydrogen (secondary N) is 1. The molecule has 0 unspecified atom stereocenters. The number of carbonyl (C=O) groups is 2. The normalized spacial score (nSPS) is 19.1. The lowest BCUT2D eigenvalue weighted by atomic mass is 10.0. The van der Waals surface area contributed by atoms with Crippen molar-refractivity contribution in [3.8, 4) is 5.75 Å². The highest BCUT2D eigenvalue weighted by Gasteiger charge is 2.35. The molecular weight excluding hydrogens is 408 g/mol. The largest absolute Gasteiger partial charge is 0.492 e. The SMILES string of the molecule is CCOc1ccccc1N1C(=O)CS[C@H]1c1cccc(NC(=O)CCC2CCCC2)c1. The third kappa shape index (κ3) is 5.24. The lowest BCUT2D eigenvalue weighted by Gasteiger charge is -2.26. The molecule has 31 heavy (non-hydrogen) atoms. The van der Waals surface area contributed by atoms with Crippen molar-refractivity contribution in [1.82, 2.24) is 0 Å². The van der Waals surface area contributed by atoms with Crippen LogP contribution < -0.4 is 15.0 Å². The van der Waals surface area contributed by atoms with E-state index in [-0.39, 0.29) is 17.2 Å². The summed E-state index contributed by atoms with van der Waals surface area (Å²) >= 11 is 1.60. The molecule has 5 nitrogen and oxygen atoms in total. The van der Waals surface area contributed by atoms with E-state index in [2.05, 4.69) is 5.32 Å². The number of anilines is 2. The number of para-hydroxylation sites is 2. The van der Waals surface area contributed by atoms with Gasteiger partial charge in [0.2, 0.25) is 11.8 Å². The van der Waals surface area contributed by atoms with E-state index < -0.39 is 0 Å². The van der Waals surface area contributed by atoms with E-state index >= 15 is 0 Å². The molecule has 1 aliphatic heterocycles. The van der Waals surface area contributed by atoms with E-state index in [1.165, 1.54) is 25.7 Å². The summed E-state index contributed by atoms with van der Waals surface area (Å²) in [5, 5.41) is 2.90. The highest BCUT2D eigenvalue weighted by atomic mass is 32.2. The smallest absolute Gasteiger partial charge is 0.238 e. The van der Waals surface area contributed by atoms with E-state index in [1.807, 2.05) is 60.4 Å². The Balaban J connectivity index is 1.48. The minimum atomic E-state index is -0.149. The van der Waals surface area contributed by atoms with Gasteiger partial charge in [-0.25, -0.2) is 0 Å². The fourth-order valence-electron chi connectivity index (χ4n) is 4.49. The number of thioether (sulfide) groups is 1. The fourth-order valence-corrected chi connectivity index (χ4v) is 5.65. The Morgan fingerprint density at radius 1 is 1.16 bits per heavy atom. The summed E-state index contributed by atoms with van der Waals surface area (Å²) in [7, 11) is 0. The van der Waals surface area contributed by atoms with Crippen LogP contribution in [0.15, 0.2) is 48.5 Å². The summed E-state index contributed by atoms with van der Waals surface area (Å²) in [5.41, 5.74) is 2.57. The van der Waals surface area contributed by atoms with Crippen molar-refractivity contribution in [2.75, 3.05) is 22.6 Å². The van der Waals surface area contributed by atoms with Crippen LogP contribution >= 0.6 is 11.8 Å². The van der Waals surface area contributed by atoms with Crippen molar-refractivity contribution in [2.45, 2.75) is 50.8 Å². The Bertz CT molecular complexity index is 926. The maximum atomic E-state index is 12.8. The number of hydrogen-bond donors (Lipinski definition) is 1. The Morgan fingerprint density at radius 3 is 2.77 bits per heavy atom. The predicted octanol–water partition coefficient (Wildman–Crippen LogP) is 5.77. The Morgan fingerprint density at radius 2 is 1.97 bits per heavy atom. The summed E-state index contributed by atoms with van der Waals surface area (Å²) in [5.74, 6) is 1.97. The summed E-state index contributed by atoms with van der Waals surface area (Å²) in [6.45, 7) is 2.48. The van der Waals surface area contributed by atoms with E-state index in [9.17, 15) is 9.59 Å². The molecule has 1 saturated heterocycles. The second-order valence-electron chi connectivity index (χ2n) is 8.19. The summed E-state index contributed by atoms with van der Waals surface area (Å²) in [4.78, 5) is 27.0. The Hall–Kier alpha value is -2.47. The van der Waals surface area contributed by atoms with Gasteiger partial charge in [-0.2, -0.15) is 0 Å². The molecular formula is C25H30N2O3S. The highest BCUT2D eigenvalue weighted by molar-refractivity contribution is 8.00. The fraction of sp³-hybridized carbons (Fsp3) is 0.440. The summed E-state index contributed by atoms with van der Waals surface area (Å²) < 4.78 is 5.77.